The number of esters is 1. The topological polar surface area (TPSA) is 69.4 Å². The summed E-state index contributed by atoms with van der Waals surface area (Å²) >= 11 is 3.28. The van der Waals surface area contributed by atoms with Crippen LogP contribution in [0.2, 0.25) is 0 Å². The molecule has 5 nitrogen and oxygen atoms in total. The van der Waals surface area contributed by atoms with Crippen LogP contribution in [0.25, 0.3) is 0 Å². The zero-order valence-electron chi connectivity index (χ0n) is 12.6. The number of nitrogens with zero attached hydrogens (tertiary/aromatic N) is 1. The summed E-state index contributed by atoms with van der Waals surface area (Å²) in [6, 6.07) is 11.3. The third kappa shape index (κ3) is 4.63. The number of hydrogen-bond acceptors (Lipinski definition) is 4. The molecule has 0 saturated carbocycles. The molecule has 120 valence electrons. The fourth-order valence-corrected chi connectivity index (χ4v) is 2.34. The maximum atomic E-state index is 12.1. The van der Waals surface area contributed by atoms with Crippen LogP contribution in [0.5, 0.6) is 5.75 Å². The van der Waals surface area contributed by atoms with Gasteiger partial charge in [-0.15, -0.1) is 0 Å². The van der Waals surface area contributed by atoms with Crippen molar-refractivity contribution in [2.24, 2.45) is 0 Å². The summed E-state index contributed by atoms with van der Waals surface area (Å²) in [5, 5.41) is 11.2. The number of halogens is 1. The number of hydrogen-bond donors (Lipinski definition) is 0. The average Bonchev–Trinajstić information content (AvgIpc) is 2.54. The highest BCUT2D eigenvalue weighted by molar-refractivity contribution is 9.10. The van der Waals surface area contributed by atoms with Crippen molar-refractivity contribution in [2.45, 2.75) is 26.2 Å². The molecule has 6 heteroatoms. The van der Waals surface area contributed by atoms with E-state index in [0.29, 0.717) is 5.56 Å². The first-order valence-corrected chi connectivity index (χ1v) is 8.05. The zero-order valence-corrected chi connectivity index (χ0v) is 14.2. The van der Waals surface area contributed by atoms with Gasteiger partial charge in [0.2, 0.25) is 5.75 Å². The number of aryl methyl sites for hydroxylation is 1. The molecule has 0 aliphatic carbocycles. The van der Waals surface area contributed by atoms with E-state index in [1.165, 1.54) is 12.1 Å². The van der Waals surface area contributed by atoms with E-state index in [2.05, 4.69) is 22.9 Å². The molecule has 0 aliphatic heterocycles. The van der Waals surface area contributed by atoms with Crippen molar-refractivity contribution in [3.63, 3.8) is 0 Å². The first-order chi connectivity index (χ1) is 11.0. The summed E-state index contributed by atoms with van der Waals surface area (Å²) in [7, 11) is 0. The number of carbonyl (C=O) groups is 1. The zero-order chi connectivity index (χ0) is 16.8. The van der Waals surface area contributed by atoms with Crippen molar-refractivity contribution < 1.29 is 14.5 Å². The molecule has 0 N–H and O–H groups in total. The van der Waals surface area contributed by atoms with Crippen LogP contribution in [0.3, 0.4) is 0 Å². The Morgan fingerprint density at radius 1 is 1.22 bits per heavy atom. The van der Waals surface area contributed by atoms with Gasteiger partial charge in [0.25, 0.3) is 0 Å². The Morgan fingerprint density at radius 3 is 2.52 bits per heavy atom. The van der Waals surface area contributed by atoms with E-state index in [9.17, 15) is 14.9 Å². The maximum Gasteiger partial charge on any atom is 0.343 e. The quantitative estimate of drug-likeness (QED) is 0.310. The molecule has 2 rings (SSSR count). The van der Waals surface area contributed by atoms with E-state index < -0.39 is 10.9 Å². The molecule has 2 aromatic rings. The molecule has 0 spiro atoms. The Bertz CT molecular complexity index is 713. The van der Waals surface area contributed by atoms with Crippen molar-refractivity contribution in [3.8, 4) is 5.75 Å². The highest BCUT2D eigenvalue weighted by Gasteiger charge is 2.19. The minimum absolute atomic E-state index is 0.0387. The summed E-state index contributed by atoms with van der Waals surface area (Å²) in [5.41, 5.74) is 1.00. The highest BCUT2D eigenvalue weighted by atomic mass is 79.9. The SMILES string of the molecule is CCCCc1ccc(OC(=O)c2ccc(Br)cc2)c([N+](=O)[O-])c1. The van der Waals surface area contributed by atoms with Crippen molar-refractivity contribution in [1.29, 1.82) is 0 Å². The average molecular weight is 378 g/mol. The van der Waals surface area contributed by atoms with Gasteiger partial charge in [0.1, 0.15) is 0 Å². The lowest BCUT2D eigenvalue weighted by Crippen LogP contribution is -2.09. The predicted molar refractivity (Wildman–Crippen MR) is 90.8 cm³/mol. The Balaban J connectivity index is 2.22. The molecule has 0 bridgehead atoms. The van der Waals surface area contributed by atoms with Crippen LogP contribution in [0.4, 0.5) is 5.69 Å². The molecule has 0 fully saturated rings. The third-order valence-electron chi connectivity index (χ3n) is 3.32. The van der Waals surface area contributed by atoms with Gasteiger partial charge in [0.15, 0.2) is 0 Å². The van der Waals surface area contributed by atoms with E-state index in [0.717, 1.165) is 29.3 Å². The van der Waals surface area contributed by atoms with Crippen LogP contribution in [0.15, 0.2) is 46.9 Å². The first-order valence-electron chi connectivity index (χ1n) is 7.26. The molecule has 0 radical (unpaired) electrons. The fourth-order valence-electron chi connectivity index (χ4n) is 2.07. The molecular weight excluding hydrogens is 362 g/mol. The van der Waals surface area contributed by atoms with E-state index in [4.69, 9.17) is 4.74 Å². The van der Waals surface area contributed by atoms with Crippen LogP contribution in [0, 0.1) is 10.1 Å². The Hall–Kier alpha value is -2.21. The second-order valence-corrected chi connectivity index (χ2v) is 5.97. The Morgan fingerprint density at radius 2 is 1.91 bits per heavy atom. The molecule has 0 amide bonds. The fraction of sp³-hybridized carbons (Fsp3) is 0.235. The van der Waals surface area contributed by atoms with E-state index in [1.807, 2.05) is 0 Å². The minimum Gasteiger partial charge on any atom is -0.416 e. The van der Waals surface area contributed by atoms with Crippen molar-refractivity contribution >= 4 is 27.6 Å². The molecule has 2 aromatic carbocycles. The highest BCUT2D eigenvalue weighted by Crippen LogP contribution is 2.29. The standard InChI is InChI=1S/C17H16BrNO4/c1-2-3-4-12-5-10-16(15(11-12)19(21)22)23-17(20)13-6-8-14(18)9-7-13/h5-11H,2-4H2,1H3. The van der Waals surface area contributed by atoms with Gasteiger partial charge >= 0.3 is 11.7 Å². The first kappa shape index (κ1) is 17.1. The van der Waals surface area contributed by atoms with E-state index in [1.54, 1.807) is 30.3 Å². The lowest BCUT2D eigenvalue weighted by atomic mass is 10.1. The second kappa shape index (κ2) is 7.87. The molecule has 0 aliphatic rings. The molecule has 0 saturated heterocycles. The second-order valence-electron chi connectivity index (χ2n) is 5.06. The van der Waals surface area contributed by atoms with Gasteiger partial charge < -0.3 is 4.74 Å². The number of nitro benzene ring substituents is 1. The van der Waals surface area contributed by atoms with Crippen molar-refractivity contribution in [1.82, 2.24) is 0 Å². The monoisotopic (exact) mass is 377 g/mol. The van der Waals surface area contributed by atoms with Gasteiger partial charge in [-0.25, -0.2) is 4.79 Å². The number of rotatable bonds is 6. The van der Waals surface area contributed by atoms with Crippen LogP contribution in [-0.4, -0.2) is 10.9 Å². The molecule has 0 heterocycles. The largest absolute Gasteiger partial charge is 0.416 e. The molecule has 0 atom stereocenters. The number of unbranched alkanes of at least 4 members (excludes halogenated alkanes) is 1. The maximum absolute atomic E-state index is 12.1. The summed E-state index contributed by atoms with van der Waals surface area (Å²) in [5.74, 6) is -0.662. The van der Waals surface area contributed by atoms with Gasteiger partial charge in [-0.05, 0) is 48.7 Å². The normalized spacial score (nSPS) is 10.3. The smallest absolute Gasteiger partial charge is 0.343 e. The molecule has 0 unspecified atom stereocenters. The van der Waals surface area contributed by atoms with E-state index >= 15 is 0 Å². The summed E-state index contributed by atoms with van der Waals surface area (Å²) in [6.07, 6.45) is 2.72. The van der Waals surface area contributed by atoms with Gasteiger partial charge in [0, 0.05) is 10.5 Å². The van der Waals surface area contributed by atoms with Gasteiger partial charge in [-0.1, -0.05) is 35.3 Å². The Labute approximate surface area is 142 Å². The van der Waals surface area contributed by atoms with Gasteiger partial charge in [-0.3, -0.25) is 10.1 Å². The number of ether oxygens (including phenoxy) is 1. The Kier molecular flexibility index (Phi) is 5.87. The molecule has 0 aromatic heterocycles. The van der Waals surface area contributed by atoms with Crippen LogP contribution in [-0.2, 0) is 6.42 Å². The summed E-state index contributed by atoms with van der Waals surface area (Å²) in [6.45, 7) is 2.06. The summed E-state index contributed by atoms with van der Waals surface area (Å²) < 4.78 is 6.03. The van der Waals surface area contributed by atoms with Crippen molar-refractivity contribution in [3.05, 3.63) is 68.2 Å². The molecule has 23 heavy (non-hydrogen) atoms. The third-order valence-corrected chi connectivity index (χ3v) is 3.85. The van der Waals surface area contributed by atoms with Crippen LogP contribution >= 0.6 is 15.9 Å². The van der Waals surface area contributed by atoms with Crippen LogP contribution < -0.4 is 4.74 Å². The van der Waals surface area contributed by atoms with Gasteiger partial charge in [0.05, 0.1) is 10.5 Å². The number of carbonyl (C=O) groups excluding carboxylic acids is 1. The van der Waals surface area contributed by atoms with Crippen molar-refractivity contribution in [2.75, 3.05) is 0 Å². The lowest BCUT2D eigenvalue weighted by molar-refractivity contribution is -0.385. The molecular formula is C17H16BrNO4. The van der Waals surface area contributed by atoms with Gasteiger partial charge in [-0.2, -0.15) is 0 Å². The lowest BCUT2D eigenvalue weighted by Gasteiger charge is -2.07. The predicted octanol–water partition coefficient (Wildman–Crippen LogP) is 4.92. The minimum atomic E-state index is -0.623. The van der Waals surface area contributed by atoms with E-state index in [-0.39, 0.29) is 11.4 Å². The van der Waals surface area contributed by atoms with Crippen LogP contribution in [0.1, 0.15) is 35.7 Å². The number of nitro groups is 1. The number of benzene rings is 2. The summed E-state index contributed by atoms with van der Waals surface area (Å²) in [4.78, 5) is 22.8.